The molecule has 64 valence electrons. The van der Waals surface area contributed by atoms with Crippen molar-refractivity contribution >= 4 is 11.6 Å². The average molecular weight is 158 g/mol. The van der Waals surface area contributed by atoms with Gasteiger partial charge >= 0.3 is 0 Å². The minimum Gasteiger partial charge on any atom is -0.375 e. The molecule has 3 heteroatoms. The van der Waals surface area contributed by atoms with Crippen molar-refractivity contribution < 1.29 is 14.7 Å². The zero-order chi connectivity index (χ0) is 9.07. The van der Waals surface area contributed by atoms with Crippen LogP contribution in [-0.2, 0) is 9.59 Å². The Bertz CT molecular complexity index is 170. The van der Waals surface area contributed by atoms with E-state index < -0.39 is 17.2 Å². The Kier molecular flexibility index (Phi) is 3.39. The quantitative estimate of drug-likeness (QED) is 0.612. The van der Waals surface area contributed by atoms with Crippen LogP contribution in [0.4, 0.5) is 0 Å². The van der Waals surface area contributed by atoms with Crippen LogP contribution >= 0.6 is 0 Å². The highest BCUT2D eigenvalue weighted by molar-refractivity contribution is 6.08. The highest BCUT2D eigenvalue weighted by Crippen LogP contribution is 2.09. The lowest BCUT2D eigenvalue weighted by molar-refractivity contribution is -0.147. The molecule has 0 aliphatic rings. The van der Waals surface area contributed by atoms with Crippen LogP contribution in [0.25, 0.3) is 0 Å². The lowest BCUT2D eigenvalue weighted by Crippen LogP contribution is -2.41. The van der Waals surface area contributed by atoms with Gasteiger partial charge in [0.05, 0.1) is 0 Å². The Morgan fingerprint density at radius 3 is 2.18 bits per heavy atom. The smallest absolute Gasteiger partial charge is 0.177 e. The molecule has 11 heavy (non-hydrogen) atoms. The van der Waals surface area contributed by atoms with E-state index in [9.17, 15) is 14.7 Å². The third-order valence-electron chi connectivity index (χ3n) is 1.71. The van der Waals surface area contributed by atoms with Gasteiger partial charge in [0.2, 0.25) is 0 Å². The standard InChI is InChI=1S/C8H14O3/c1-4-5-7(10)8(3,11)6(2)9/h11H,4-5H2,1-3H3. The van der Waals surface area contributed by atoms with Crippen LogP contribution in [0.1, 0.15) is 33.6 Å². The SMILES string of the molecule is CCCC(=O)C(C)(O)C(C)=O. The first-order valence-corrected chi connectivity index (χ1v) is 3.69. The number of rotatable bonds is 4. The van der Waals surface area contributed by atoms with Gasteiger partial charge in [-0.1, -0.05) is 6.92 Å². The number of ketones is 2. The molecule has 1 unspecified atom stereocenters. The van der Waals surface area contributed by atoms with Crippen LogP contribution in [0.5, 0.6) is 0 Å². The van der Waals surface area contributed by atoms with Crippen LogP contribution in [0.15, 0.2) is 0 Å². The number of carbonyl (C=O) groups is 2. The number of hydrogen-bond donors (Lipinski definition) is 1. The monoisotopic (exact) mass is 158 g/mol. The Morgan fingerprint density at radius 2 is 1.91 bits per heavy atom. The molecule has 0 saturated carbocycles. The van der Waals surface area contributed by atoms with Crippen LogP contribution in [-0.4, -0.2) is 22.3 Å². The highest BCUT2D eigenvalue weighted by atomic mass is 16.3. The zero-order valence-corrected chi connectivity index (χ0v) is 7.18. The molecule has 0 fully saturated rings. The second-order valence-corrected chi connectivity index (χ2v) is 2.80. The topological polar surface area (TPSA) is 54.4 Å². The Hall–Kier alpha value is -0.700. The zero-order valence-electron chi connectivity index (χ0n) is 7.18. The van der Waals surface area contributed by atoms with Gasteiger partial charge < -0.3 is 5.11 Å². The van der Waals surface area contributed by atoms with E-state index in [0.717, 1.165) is 0 Å². The second kappa shape index (κ2) is 3.62. The summed E-state index contributed by atoms with van der Waals surface area (Å²) in [5.74, 6) is -0.886. The summed E-state index contributed by atoms with van der Waals surface area (Å²) < 4.78 is 0. The third kappa shape index (κ3) is 2.42. The van der Waals surface area contributed by atoms with E-state index in [2.05, 4.69) is 0 Å². The maximum Gasteiger partial charge on any atom is 0.177 e. The van der Waals surface area contributed by atoms with Crippen molar-refractivity contribution in [2.75, 3.05) is 0 Å². The molecule has 0 aliphatic carbocycles. The minimum atomic E-state index is -1.77. The van der Waals surface area contributed by atoms with E-state index in [1.807, 2.05) is 6.92 Å². The van der Waals surface area contributed by atoms with E-state index in [0.29, 0.717) is 6.42 Å². The summed E-state index contributed by atoms with van der Waals surface area (Å²) in [5.41, 5.74) is -1.77. The van der Waals surface area contributed by atoms with Gasteiger partial charge in [0, 0.05) is 6.42 Å². The van der Waals surface area contributed by atoms with Crippen LogP contribution < -0.4 is 0 Å². The first-order chi connectivity index (χ1) is 4.92. The largest absolute Gasteiger partial charge is 0.375 e. The van der Waals surface area contributed by atoms with Gasteiger partial charge in [-0.05, 0) is 20.3 Å². The Labute approximate surface area is 66.4 Å². The summed E-state index contributed by atoms with van der Waals surface area (Å²) in [6.07, 6.45) is 0.912. The molecule has 1 N–H and O–H groups in total. The lowest BCUT2D eigenvalue weighted by atomic mass is 9.94. The van der Waals surface area contributed by atoms with Crippen molar-refractivity contribution in [3.63, 3.8) is 0 Å². The van der Waals surface area contributed by atoms with Gasteiger partial charge in [-0.25, -0.2) is 0 Å². The van der Waals surface area contributed by atoms with Gasteiger partial charge in [0.15, 0.2) is 17.2 Å². The van der Waals surface area contributed by atoms with Gasteiger partial charge in [-0.2, -0.15) is 0 Å². The summed E-state index contributed by atoms with van der Waals surface area (Å²) >= 11 is 0. The van der Waals surface area contributed by atoms with E-state index in [1.165, 1.54) is 13.8 Å². The Balaban J connectivity index is 4.30. The summed E-state index contributed by atoms with van der Waals surface area (Å²) in [5, 5.41) is 9.29. The normalized spacial score (nSPS) is 15.6. The number of hydrogen-bond acceptors (Lipinski definition) is 3. The van der Waals surface area contributed by atoms with E-state index in [-0.39, 0.29) is 6.42 Å². The molecule has 1 atom stereocenters. The first kappa shape index (κ1) is 10.3. The maximum absolute atomic E-state index is 11.0. The predicted molar refractivity (Wildman–Crippen MR) is 41.2 cm³/mol. The van der Waals surface area contributed by atoms with Gasteiger partial charge in [-0.15, -0.1) is 0 Å². The second-order valence-electron chi connectivity index (χ2n) is 2.80. The molecular formula is C8H14O3. The van der Waals surface area contributed by atoms with E-state index in [4.69, 9.17) is 0 Å². The molecule has 0 bridgehead atoms. The lowest BCUT2D eigenvalue weighted by Gasteiger charge is -2.17. The average Bonchev–Trinajstić information content (AvgIpc) is 1.88. The molecule has 0 saturated heterocycles. The maximum atomic E-state index is 11.0. The molecule has 0 aromatic carbocycles. The molecule has 3 nitrogen and oxygen atoms in total. The molecular weight excluding hydrogens is 144 g/mol. The summed E-state index contributed by atoms with van der Waals surface area (Å²) in [7, 11) is 0. The van der Waals surface area contributed by atoms with Crippen molar-refractivity contribution in [2.45, 2.75) is 39.2 Å². The highest BCUT2D eigenvalue weighted by Gasteiger charge is 2.33. The van der Waals surface area contributed by atoms with Crippen LogP contribution in [0.2, 0.25) is 0 Å². The van der Waals surface area contributed by atoms with Gasteiger partial charge in [-0.3, -0.25) is 9.59 Å². The predicted octanol–water partition coefficient (Wildman–Crippen LogP) is 0.696. The fourth-order valence-corrected chi connectivity index (χ4v) is 0.667. The van der Waals surface area contributed by atoms with Crippen LogP contribution in [0, 0.1) is 0 Å². The van der Waals surface area contributed by atoms with Crippen molar-refractivity contribution in [3.8, 4) is 0 Å². The number of Topliss-reactive ketones (excluding diaryl/α,β-unsaturated/α-hetero) is 2. The van der Waals surface area contributed by atoms with Gasteiger partial charge in [0.1, 0.15) is 0 Å². The Morgan fingerprint density at radius 1 is 1.45 bits per heavy atom. The first-order valence-electron chi connectivity index (χ1n) is 3.69. The molecule has 0 rings (SSSR count). The van der Waals surface area contributed by atoms with Crippen molar-refractivity contribution in [1.29, 1.82) is 0 Å². The minimum absolute atomic E-state index is 0.257. The number of carbonyl (C=O) groups excluding carboxylic acids is 2. The van der Waals surface area contributed by atoms with E-state index >= 15 is 0 Å². The van der Waals surface area contributed by atoms with Crippen LogP contribution in [0.3, 0.4) is 0 Å². The van der Waals surface area contributed by atoms with E-state index in [1.54, 1.807) is 0 Å². The fraction of sp³-hybridized carbons (Fsp3) is 0.750. The summed E-state index contributed by atoms with van der Waals surface area (Å²) in [4.78, 5) is 21.7. The number of aliphatic hydroxyl groups is 1. The van der Waals surface area contributed by atoms with Gasteiger partial charge in [0.25, 0.3) is 0 Å². The molecule has 0 amide bonds. The molecule has 0 spiro atoms. The molecule has 0 heterocycles. The van der Waals surface area contributed by atoms with Crippen molar-refractivity contribution in [2.24, 2.45) is 0 Å². The van der Waals surface area contributed by atoms with Crippen molar-refractivity contribution in [3.05, 3.63) is 0 Å². The molecule has 0 radical (unpaired) electrons. The summed E-state index contributed by atoms with van der Waals surface area (Å²) in [6, 6.07) is 0. The van der Waals surface area contributed by atoms with Crippen molar-refractivity contribution in [1.82, 2.24) is 0 Å². The molecule has 0 aromatic rings. The third-order valence-corrected chi connectivity index (χ3v) is 1.71. The fourth-order valence-electron chi connectivity index (χ4n) is 0.667. The molecule has 0 aliphatic heterocycles. The summed E-state index contributed by atoms with van der Waals surface area (Å²) in [6.45, 7) is 4.29. The molecule has 0 aromatic heterocycles.